The number of halogens is 3. The normalized spacial score (nSPS) is 15.2. The van der Waals surface area contributed by atoms with Gasteiger partial charge in [-0.25, -0.2) is 4.79 Å². The van der Waals surface area contributed by atoms with Crippen LogP contribution in [0.4, 0.5) is 18.9 Å². The van der Waals surface area contributed by atoms with E-state index in [9.17, 15) is 33.3 Å². The van der Waals surface area contributed by atoms with Gasteiger partial charge in [0.15, 0.2) is 5.71 Å². The van der Waals surface area contributed by atoms with Crippen LogP contribution in [0.25, 0.3) is 21.8 Å². The SMILES string of the molecule is Cc1c(C(C#N)=NOC(=O)C(F)(F)F)ccc2c1c1cc([N+](=O)[O-])ccc1n2CCOC1CCCCC1. The Kier molecular flexibility index (Phi) is 7.45. The summed E-state index contributed by atoms with van der Waals surface area (Å²) in [5, 5.41) is 25.2. The first-order chi connectivity index (χ1) is 17.6. The summed E-state index contributed by atoms with van der Waals surface area (Å²) in [6.45, 7) is 2.52. The Hall–Kier alpha value is -3.98. The molecule has 0 bridgehead atoms. The van der Waals surface area contributed by atoms with E-state index in [2.05, 4.69) is 9.99 Å². The minimum atomic E-state index is -5.27. The fraction of sp³-hybridized carbons (Fsp3) is 0.400. The zero-order chi connectivity index (χ0) is 26.7. The molecule has 0 aliphatic heterocycles. The van der Waals surface area contributed by atoms with Crippen LogP contribution in [0.2, 0.25) is 0 Å². The lowest BCUT2D eigenvalue weighted by Gasteiger charge is -2.22. The summed E-state index contributed by atoms with van der Waals surface area (Å²) < 4.78 is 45.5. The monoisotopic (exact) mass is 516 g/mol. The van der Waals surface area contributed by atoms with Crippen molar-refractivity contribution in [2.45, 2.75) is 57.9 Å². The fourth-order valence-corrected chi connectivity index (χ4v) is 4.77. The number of fused-ring (bicyclic) bond motifs is 3. The summed E-state index contributed by atoms with van der Waals surface area (Å²) >= 11 is 0. The van der Waals surface area contributed by atoms with Gasteiger partial charge in [0.25, 0.3) is 5.69 Å². The maximum absolute atomic E-state index is 12.5. The van der Waals surface area contributed by atoms with Crippen molar-refractivity contribution in [1.82, 2.24) is 4.57 Å². The number of nitriles is 1. The van der Waals surface area contributed by atoms with E-state index in [0.29, 0.717) is 40.5 Å². The summed E-state index contributed by atoms with van der Waals surface area (Å²) in [5.41, 5.74) is 1.31. The molecule has 3 aromatic rings. The topological polar surface area (TPSA) is 120 Å². The third-order valence-electron chi connectivity index (χ3n) is 6.52. The number of aromatic nitrogens is 1. The predicted octanol–water partition coefficient (Wildman–Crippen LogP) is 5.69. The molecule has 1 aromatic heterocycles. The van der Waals surface area contributed by atoms with E-state index in [1.807, 2.05) is 4.57 Å². The average molecular weight is 516 g/mol. The van der Waals surface area contributed by atoms with Gasteiger partial charge in [0.05, 0.1) is 17.6 Å². The van der Waals surface area contributed by atoms with E-state index in [-0.39, 0.29) is 17.4 Å². The summed E-state index contributed by atoms with van der Waals surface area (Å²) in [6, 6.07) is 9.25. The van der Waals surface area contributed by atoms with Crippen molar-refractivity contribution in [2.24, 2.45) is 5.16 Å². The second-order valence-electron chi connectivity index (χ2n) is 8.80. The lowest BCUT2D eigenvalue weighted by molar-refractivity contribution is -0.384. The van der Waals surface area contributed by atoms with Crippen LogP contribution >= 0.6 is 0 Å². The molecule has 0 radical (unpaired) electrons. The van der Waals surface area contributed by atoms with Crippen LogP contribution < -0.4 is 0 Å². The van der Waals surface area contributed by atoms with E-state index in [4.69, 9.17) is 4.74 Å². The van der Waals surface area contributed by atoms with Crippen LogP contribution in [0.1, 0.15) is 43.2 Å². The number of carbonyl (C=O) groups excluding carboxylic acids is 1. The van der Waals surface area contributed by atoms with Gasteiger partial charge in [0.2, 0.25) is 0 Å². The highest BCUT2D eigenvalue weighted by Crippen LogP contribution is 2.35. The molecule has 0 saturated heterocycles. The van der Waals surface area contributed by atoms with Gasteiger partial charge < -0.3 is 14.1 Å². The first-order valence-corrected chi connectivity index (χ1v) is 11.7. The van der Waals surface area contributed by atoms with Gasteiger partial charge in [0, 0.05) is 46.0 Å². The van der Waals surface area contributed by atoms with Gasteiger partial charge >= 0.3 is 12.1 Å². The molecular weight excluding hydrogens is 493 g/mol. The summed E-state index contributed by atoms with van der Waals surface area (Å²) in [4.78, 5) is 25.9. The maximum Gasteiger partial charge on any atom is 0.493 e. The molecule has 0 amide bonds. The first-order valence-electron chi connectivity index (χ1n) is 11.7. The smallest absolute Gasteiger partial charge is 0.376 e. The first kappa shape index (κ1) is 26.1. The van der Waals surface area contributed by atoms with Crippen molar-refractivity contribution in [3.63, 3.8) is 0 Å². The van der Waals surface area contributed by atoms with Crippen LogP contribution in [0.3, 0.4) is 0 Å². The van der Waals surface area contributed by atoms with E-state index < -0.39 is 22.8 Å². The van der Waals surface area contributed by atoms with Gasteiger partial charge in [-0.15, -0.1) is 0 Å². The molecule has 1 aliphatic carbocycles. The van der Waals surface area contributed by atoms with E-state index in [1.165, 1.54) is 24.6 Å². The number of oxime groups is 1. The largest absolute Gasteiger partial charge is 0.493 e. The fourth-order valence-electron chi connectivity index (χ4n) is 4.77. The van der Waals surface area contributed by atoms with Crippen molar-refractivity contribution in [3.8, 4) is 6.07 Å². The minimum absolute atomic E-state index is 0.133. The standard InChI is InChI=1S/C25H23F3N4O5/c1-15-18(20(14-29)30-37-24(33)25(26,27)28)8-10-22-23(15)19-13-16(32(34)35)7-9-21(19)31(22)11-12-36-17-5-3-2-4-6-17/h7-10,13,17H,2-6,11-12H2,1H3. The molecule has 1 aliphatic rings. The predicted molar refractivity (Wildman–Crippen MR) is 128 cm³/mol. The molecule has 9 nitrogen and oxygen atoms in total. The third-order valence-corrected chi connectivity index (χ3v) is 6.52. The second kappa shape index (κ2) is 10.6. The Morgan fingerprint density at radius 1 is 1.22 bits per heavy atom. The maximum atomic E-state index is 12.5. The lowest BCUT2D eigenvalue weighted by atomic mass is 9.98. The molecule has 0 atom stereocenters. The Bertz CT molecular complexity index is 1430. The van der Waals surface area contributed by atoms with Crippen LogP contribution in [-0.2, 0) is 20.9 Å². The number of carbonyl (C=O) groups is 1. The number of nitro benzene ring substituents is 1. The number of nitrogens with zero attached hydrogens (tertiary/aromatic N) is 4. The molecule has 1 heterocycles. The molecule has 0 spiro atoms. The molecule has 37 heavy (non-hydrogen) atoms. The molecule has 12 heteroatoms. The Morgan fingerprint density at radius 2 is 1.92 bits per heavy atom. The highest BCUT2D eigenvalue weighted by Gasteiger charge is 2.42. The number of aryl methyl sites for hydroxylation is 1. The van der Waals surface area contributed by atoms with Crippen LogP contribution in [0.15, 0.2) is 35.5 Å². The van der Waals surface area contributed by atoms with Gasteiger partial charge in [-0.05, 0) is 43.5 Å². The number of non-ortho nitro benzene ring substituents is 1. The Balaban J connectivity index is 1.77. The Morgan fingerprint density at radius 3 is 2.57 bits per heavy atom. The molecular formula is C25H23F3N4O5. The number of benzene rings is 2. The highest BCUT2D eigenvalue weighted by molar-refractivity contribution is 6.18. The zero-order valence-corrected chi connectivity index (χ0v) is 19.9. The van der Waals surface area contributed by atoms with E-state index in [0.717, 1.165) is 25.7 Å². The summed E-state index contributed by atoms with van der Waals surface area (Å²) in [6.07, 6.45) is 0.421. The van der Waals surface area contributed by atoms with Crippen molar-refractivity contribution >= 4 is 39.2 Å². The number of nitro groups is 1. The number of hydrogen-bond donors (Lipinski definition) is 0. The molecule has 0 unspecified atom stereocenters. The molecule has 194 valence electrons. The van der Waals surface area contributed by atoms with E-state index >= 15 is 0 Å². The van der Waals surface area contributed by atoms with Crippen LogP contribution in [0.5, 0.6) is 0 Å². The molecule has 4 rings (SSSR count). The molecule has 1 fully saturated rings. The summed E-state index contributed by atoms with van der Waals surface area (Å²) in [5.74, 6) is -2.55. The molecule has 2 aromatic carbocycles. The molecule has 1 saturated carbocycles. The van der Waals surface area contributed by atoms with Crippen molar-refractivity contribution in [1.29, 1.82) is 5.26 Å². The Labute approximate surface area is 209 Å². The minimum Gasteiger partial charge on any atom is -0.376 e. The number of rotatable bonds is 7. The quantitative estimate of drug-likeness (QED) is 0.172. The van der Waals surface area contributed by atoms with Crippen molar-refractivity contribution < 1.29 is 32.5 Å². The van der Waals surface area contributed by atoms with Crippen LogP contribution in [-0.4, -0.2) is 40.1 Å². The average Bonchev–Trinajstić information content (AvgIpc) is 3.19. The summed E-state index contributed by atoms with van der Waals surface area (Å²) in [7, 11) is 0. The van der Waals surface area contributed by atoms with Gasteiger partial charge in [-0.2, -0.15) is 18.4 Å². The molecule has 0 N–H and O–H groups in total. The third kappa shape index (κ3) is 5.41. The van der Waals surface area contributed by atoms with Gasteiger partial charge in [0.1, 0.15) is 6.07 Å². The number of ether oxygens (including phenoxy) is 1. The van der Waals surface area contributed by atoms with Crippen molar-refractivity contribution in [2.75, 3.05) is 6.61 Å². The number of alkyl halides is 3. The number of hydrogen-bond acceptors (Lipinski definition) is 7. The zero-order valence-electron chi connectivity index (χ0n) is 19.9. The van der Waals surface area contributed by atoms with Crippen molar-refractivity contribution in [3.05, 3.63) is 51.6 Å². The lowest BCUT2D eigenvalue weighted by Crippen LogP contribution is -2.24. The van der Waals surface area contributed by atoms with Gasteiger partial charge in [-0.3, -0.25) is 10.1 Å². The van der Waals surface area contributed by atoms with Gasteiger partial charge in [-0.1, -0.05) is 24.4 Å². The van der Waals surface area contributed by atoms with Crippen LogP contribution in [0, 0.1) is 28.4 Å². The van der Waals surface area contributed by atoms with E-state index in [1.54, 1.807) is 25.1 Å². The highest BCUT2D eigenvalue weighted by atomic mass is 19.4. The second-order valence-corrected chi connectivity index (χ2v) is 8.80.